The van der Waals surface area contributed by atoms with Gasteiger partial charge in [-0.1, -0.05) is 6.07 Å². The molecule has 2 aliphatic heterocycles. The lowest BCUT2D eigenvalue weighted by Crippen LogP contribution is -2.45. The second-order valence-electron chi connectivity index (χ2n) is 7.02. The number of aryl methyl sites for hydroxylation is 1. The molecule has 3 heterocycles. The van der Waals surface area contributed by atoms with E-state index in [9.17, 15) is 14.4 Å². The normalized spacial score (nSPS) is 16.4. The number of carbonyl (C=O) groups excluding carboxylic acids is 2. The number of benzene rings is 1. The van der Waals surface area contributed by atoms with Crippen LogP contribution in [0.4, 0.5) is 10.5 Å². The summed E-state index contributed by atoms with van der Waals surface area (Å²) in [7, 11) is 1.67. The molecule has 1 unspecified atom stereocenters. The van der Waals surface area contributed by atoms with E-state index in [1.54, 1.807) is 24.1 Å². The SMILES string of the molecule is CC(NC(=O)N1CCc2c(ncn(C)c2=O)C1)c1ccc2c(c1)NC(=O)CO2. The first-order chi connectivity index (χ1) is 13.4. The van der Waals surface area contributed by atoms with Gasteiger partial charge in [0.05, 0.1) is 30.3 Å². The average molecular weight is 383 g/mol. The molecular weight excluding hydrogens is 362 g/mol. The number of anilines is 1. The highest BCUT2D eigenvalue weighted by molar-refractivity contribution is 5.95. The van der Waals surface area contributed by atoms with Gasteiger partial charge in [-0.15, -0.1) is 0 Å². The van der Waals surface area contributed by atoms with Gasteiger partial charge in [-0.2, -0.15) is 0 Å². The number of fused-ring (bicyclic) bond motifs is 2. The zero-order valence-corrected chi connectivity index (χ0v) is 15.7. The number of hydrogen-bond acceptors (Lipinski definition) is 5. The monoisotopic (exact) mass is 383 g/mol. The van der Waals surface area contributed by atoms with Crippen LogP contribution in [0.1, 0.15) is 29.8 Å². The zero-order valence-electron chi connectivity index (χ0n) is 15.7. The van der Waals surface area contributed by atoms with E-state index in [4.69, 9.17) is 4.74 Å². The molecule has 28 heavy (non-hydrogen) atoms. The minimum Gasteiger partial charge on any atom is -0.482 e. The van der Waals surface area contributed by atoms with Gasteiger partial charge in [0.15, 0.2) is 6.61 Å². The smallest absolute Gasteiger partial charge is 0.318 e. The number of nitrogens with one attached hydrogen (secondary N) is 2. The second kappa shape index (κ2) is 6.99. The lowest BCUT2D eigenvalue weighted by Gasteiger charge is -2.29. The van der Waals surface area contributed by atoms with Gasteiger partial charge in [-0.25, -0.2) is 9.78 Å². The van der Waals surface area contributed by atoms with E-state index in [1.165, 1.54) is 10.9 Å². The van der Waals surface area contributed by atoms with Crippen molar-refractivity contribution in [2.75, 3.05) is 18.5 Å². The van der Waals surface area contributed by atoms with E-state index in [0.29, 0.717) is 42.2 Å². The first-order valence-corrected chi connectivity index (χ1v) is 9.08. The van der Waals surface area contributed by atoms with Crippen molar-refractivity contribution in [3.8, 4) is 5.75 Å². The Balaban J connectivity index is 1.45. The molecule has 2 aromatic rings. The summed E-state index contributed by atoms with van der Waals surface area (Å²) < 4.78 is 6.81. The molecule has 3 amide bonds. The quantitative estimate of drug-likeness (QED) is 0.803. The van der Waals surface area contributed by atoms with Crippen molar-refractivity contribution in [1.82, 2.24) is 19.8 Å². The molecular formula is C19H21N5O4. The van der Waals surface area contributed by atoms with E-state index in [1.807, 2.05) is 13.0 Å². The van der Waals surface area contributed by atoms with Gasteiger partial charge < -0.3 is 24.8 Å². The van der Waals surface area contributed by atoms with Crippen molar-refractivity contribution in [2.45, 2.75) is 25.9 Å². The Morgan fingerprint density at radius 2 is 2.18 bits per heavy atom. The topological polar surface area (TPSA) is 106 Å². The lowest BCUT2D eigenvalue weighted by molar-refractivity contribution is -0.118. The van der Waals surface area contributed by atoms with Crippen LogP contribution in [-0.2, 0) is 24.8 Å². The van der Waals surface area contributed by atoms with Crippen LogP contribution in [0.5, 0.6) is 5.75 Å². The highest BCUT2D eigenvalue weighted by Crippen LogP contribution is 2.30. The van der Waals surface area contributed by atoms with Gasteiger partial charge in [0.2, 0.25) is 0 Å². The molecule has 4 rings (SSSR count). The lowest BCUT2D eigenvalue weighted by atomic mass is 10.1. The van der Waals surface area contributed by atoms with E-state index < -0.39 is 0 Å². The maximum absolute atomic E-state index is 12.7. The number of hydrogen-bond donors (Lipinski definition) is 2. The predicted octanol–water partition coefficient (Wildman–Crippen LogP) is 0.940. The Morgan fingerprint density at radius 1 is 1.36 bits per heavy atom. The Bertz CT molecular complexity index is 1020. The van der Waals surface area contributed by atoms with Crippen molar-refractivity contribution >= 4 is 17.6 Å². The first-order valence-electron chi connectivity index (χ1n) is 9.08. The number of rotatable bonds is 2. The fourth-order valence-electron chi connectivity index (χ4n) is 3.42. The molecule has 0 saturated carbocycles. The van der Waals surface area contributed by atoms with Crippen molar-refractivity contribution < 1.29 is 14.3 Å². The van der Waals surface area contributed by atoms with Crippen LogP contribution < -0.4 is 20.9 Å². The second-order valence-corrected chi connectivity index (χ2v) is 7.02. The molecule has 1 aromatic heterocycles. The molecule has 0 fully saturated rings. The molecule has 2 N–H and O–H groups in total. The standard InChI is InChI=1S/C19H21N5O4/c1-11(12-3-4-16-14(7-12)22-17(25)9-28-16)21-19(27)24-6-5-13-15(8-24)20-10-23(2)18(13)26/h3-4,7,10-11H,5-6,8-9H2,1-2H3,(H,21,27)(H,22,25). The van der Waals surface area contributed by atoms with E-state index in [-0.39, 0.29) is 30.1 Å². The number of aromatic nitrogens is 2. The van der Waals surface area contributed by atoms with Gasteiger partial charge >= 0.3 is 6.03 Å². The fraction of sp³-hybridized carbons (Fsp3) is 0.368. The summed E-state index contributed by atoms with van der Waals surface area (Å²) in [6.45, 7) is 2.64. The summed E-state index contributed by atoms with van der Waals surface area (Å²) in [6, 6.07) is 4.95. The molecule has 0 radical (unpaired) electrons. The molecule has 0 aliphatic carbocycles. The summed E-state index contributed by atoms with van der Waals surface area (Å²) >= 11 is 0. The van der Waals surface area contributed by atoms with E-state index in [0.717, 1.165) is 5.56 Å². The minimum absolute atomic E-state index is 0.00616. The molecule has 0 spiro atoms. The van der Waals surface area contributed by atoms with Gasteiger partial charge in [0.1, 0.15) is 5.75 Å². The maximum atomic E-state index is 12.7. The summed E-state index contributed by atoms with van der Waals surface area (Å²) in [5.41, 5.74) is 2.71. The molecule has 9 heteroatoms. The third-order valence-electron chi connectivity index (χ3n) is 5.05. The van der Waals surface area contributed by atoms with Crippen LogP contribution in [0.2, 0.25) is 0 Å². The number of ether oxygens (including phenoxy) is 1. The summed E-state index contributed by atoms with van der Waals surface area (Å²) in [5, 5.41) is 5.73. The van der Waals surface area contributed by atoms with Crippen molar-refractivity contribution in [3.63, 3.8) is 0 Å². The maximum Gasteiger partial charge on any atom is 0.318 e. The van der Waals surface area contributed by atoms with Gasteiger partial charge in [0.25, 0.3) is 11.5 Å². The third kappa shape index (κ3) is 3.30. The van der Waals surface area contributed by atoms with Crippen LogP contribution in [0.25, 0.3) is 0 Å². The number of urea groups is 1. The van der Waals surface area contributed by atoms with Gasteiger partial charge in [0, 0.05) is 19.2 Å². The number of nitrogens with zero attached hydrogens (tertiary/aromatic N) is 3. The van der Waals surface area contributed by atoms with Crippen molar-refractivity contribution in [3.05, 3.63) is 51.7 Å². The number of carbonyl (C=O) groups is 2. The van der Waals surface area contributed by atoms with Crippen molar-refractivity contribution in [1.29, 1.82) is 0 Å². The van der Waals surface area contributed by atoms with Gasteiger partial charge in [-0.05, 0) is 31.0 Å². The summed E-state index contributed by atoms with van der Waals surface area (Å²) in [5.74, 6) is 0.411. The molecule has 0 bridgehead atoms. The predicted molar refractivity (Wildman–Crippen MR) is 101 cm³/mol. The van der Waals surface area contributed by atoms with Crippen LogP contribution in [0, 0.1) is 0 Å². The average Bonchev–Trinajstić information content (AvgIpc) is 2.69. The Kier molecular flexibility index (Phi) is 4.50. The molecule has 1 atom stereocenters. The summed E-state index contributed by atoms with van der Waals surface area (Å²) in [6.07, 6.45) is 1.97. The van der Waals surface area contributed by atoms with E-state index in [2.05, 4.69) is 15.6 Å². The fourth-order valence-corrected chi connectivity index (χ4v) is 3.42. The van der Waals surface area contributed by atoms with Crippen LogP contribution in [-0.4, -0.2) is 39.5 Å². The van der Waals surface area contributed by atoms with Crippen LogP contribution >= 0.6 is 0 Å². The largest absolute Gasteiger partial charge is 0.482 e. The number of amides is 3. The Hall–Kier alpha value is -3.36. The van der Waals surface area contributed by atoms with Crippen molar-refractivity contribution in [2.24, 2.45) is 7.05 Å². The Morgan fingerprint density at radius 3 is 3.00 bits per heavy atom. The highest BCUT2D eigenvalue weighted by atomic mass is 16.5. The summed E-state index contributed by atoms with van der Waals surface area (Å²) in [4.78, 5) is 42.3. The Labute approximate surface area is 161 Å². The first kappa shape index (κ1) is 18.0. The van der Waals surface area contributed by atoms with Crippen LogP contribution in [0.3, 0.4) is 0 Å². The van der Waals surface area contributed by atoms with Gasteiger partial charge in [-0.3, -0.25) is 9.59 Å². The molecule has 0 saturated heterocycles. The highest BCUT2D eigenvalue weighted by Gasteiger charge is 2.25. The minimum atomic E-state index is -0.269. The zero-order chi connectivity index (χ0) is 19.8. The van der Waals surface area contributed by atoms with E-state index >= 15 is 0 Å². The molecule has 9 nitrogen and oxygen atoms in total. The molecule has 2 aliphatic rings. The third-order valence-corrected chi connectivity index (χ3v) is 5.05. The molecule has 146 valence electrons. The molecule has 1 aromatic carbocycles. The van der Waals surface area contributed by atoms with Crippen LogP contribution in [0.15, 0.2) is 29.3 Å².